The molecule has 6 heteroatoms. The van der Waals surface area contributed by atoms with Crippen molar-refractivity contribution in [3.05, 3.63) is 53.4 Å². The summed E-state index contributed by atoms with van der Waals surface area (Å²) in [5.41, 5.74) is 4.27. The van der Waals surface area contributed by atoms with E-state index in [-0.39, 0.29) is 6.04 Å². The second-order valence-electron chi connectivity index (χ2n) is 4.24. The largest absolute Gasteiger partial charge is 0.271 e. The van der Waals surface area contributed by atoms with Crippen LogP contribution in [0.4, 0.5) is 8.78 Å². The summed E-state index contributed by atoms with van der Waals surface area (Å²) >= 11 is 0. The number of aromatic nitrogens is 2. The van der Waals surface area contributed by atoms with E-state index < -0.39 is 11.6 Å². The maximum absolute atomic E-state index is 13.2. The van der Waals surface area contributed by atoms with Gasteiger partial charge in [0.05, 0.1) is 11.7 Å². The molecule has 0 aliphatic rings. The molecule has 0 saturated carbocycles. The molecule has 0 spiro atoms. The summed E-state index contributed by atoms with van der Waals surface area (Å²) < 4.78 is 27.9. The minimum atomic E-state index is -0.850. The van der Waals surface area contributed by atoms with Crippen LogP contribution in [-0.2, 0) is 13.0 Å². The van der Waals surface area contributed by atoms with Crippen LogP contribution in [0.3, 0.4) is 0 Å². The Labute approximate surface area is 110 Å². The van der Waals surface area contributed by atoms with Crippen molar-refractivity contribution >= 4 is 0 Å². The lowest BCUT2D eigenvalue weighted by Crippen LogP contribution is -2.31. The predicted octanol–water partition coefficient (Wildman–Crippen LogP) is 1.93. The highest BCUT2D eigenvalue weighted by atomic mass is 19.2. The molecule has 0 amide bonds. The SMILES string of the molecule is CCn1nccc1C(Cc1ccc(F)c(F)c1)NN. The maximum atomic E-state index is 13.2. The van der Waals surface area contributed by atoms with Crippen LogP contribution in [0.2, 0.25) is 0 Å². The van der Waals surface area contributed by atoms with Crippen molar-refractivity contribution in [1.82, 2.24) is 15.2 Å². The zero-order valence-corrected chi connectivity index (χ0v) is 10.6. The molecule has 0 aliphatic heterocycles. The van der Waals surface area contributed by atoms with E-state index in [1.54, 1.807) is 12.3 Å². The van der Waals surface area contributed by atoms with Gasteiger partial charge in [0.1, 0.15) is 0 Å². The highest BCUT2D eigenvalue weighted by molar-refractivity contribution is 5.21. The van der Waals surface area contributed by atoms with Gasteiger partial charge in [0.15, 0.2) is 11.6 Å². The quantitative estimate of drug-likeness (QED) is 0.642. The first-order valence-electron chi connectivity index (χ1n) is 6.07. The average Bonchev–Trinajstić information content (AvgIpc) is 2.88. The van der Waals surface area contributed by atoms with Gasteiger partial charge in [-0.25, -0.2) is 8.78 Å². The van der Waals surface area contributed by atoms with Gasteiger partial charge in [0.2, 0.25) is 0 Å². The average molecular weight is 266 g/mol. The smallest absolute Gasteiger partial charge is 0.159 e. The summed E-state index contributed by atoms with van der Waals surface area (Å²) in [7, 11) is 0. The number of hydrazine groups is 1. The number of nitrogens with zero attached hydrogens (tertiary/aromatic N) is 2. The van der Waals surface area contributed by atoms with Crippen LogP contribution < -0.4 is 11.3 Å². The molecule has 1 unspecified atom stereocenters. The van der Waals surface area contributed by atoms with Crippen molar-refractivity contribution in [3.8, 4) is 0 Å². The molecule has 2 rings (SSSR count). The van der Waals surface area contributed by atoms with Crippen LogP contribution in [0.25, 0.3) is 0 Å². The molecular weight excluding hydrogens is 250 g/mol. The van der Waals surface area contributed by atoms with Crippen molar-refractivity contribution in [2.24, 2.45) is 5.84 Å². The van der Waals surface area contributed by atoms with Crippen LogP contribution in [0, 0.1) is 11.6 Å². The van der Waals surface area contributed by atoms with E-state index in [9.17, 15) is 8.78 Å². The van der Waals surface area contributed by atoms with E-state index in [0.29, 0.717) is 12.0 Å². The van der Waals surface area contributed by atoms with Gasteiger partial charge in [-0.05, 0) is 37.1 Å². The molecule has 1 atom stereocenters. The van der Waals surface area contributed by atoms with E-state index in [1.165, 1.54) is 6.07 Å². The van der Waals surface area contributed by atoms with Crippen LogP contribution in [0.5, 0.6) is 0 Å². The summed E-state index contributed by atoms with van der Waals surface area (Å²) in [5, 5.41) is 4.16. The summed E-state index contributed by atoms with van der Waals surface area (Å²) in [6, 6.07) is 5.51. The zero-order chi connectivity index (χ0) is 13.8. The Morgan fingerprint density at radius 1 is 1.32 bits per heavy atom. The van der Waals surface area contributed by atoms with Gasteiger partial charge in [-0.3, -0.25) is 16.0 Å². The van der Waals surface area contributed by atoms with E-state index in [2.05, 4.69) is 10.5 Å². The highest BCUT2D eigenvalue weighted by Crippen LogP contribution is 2.19. The fraction of sp³-hybridized carbons (Fsp3) is 0.308. The van der Waals surface area contributed by atoms with Gasteiger partial charge in [0.25, 0.3) is 0 Å². The number of halogens is 2. The fourth-order valence-corrected chi connectivity index (χ4v) is 2.05. The summed E-state index contributed by atoms with van der Waals surface area (Å²) in [4.78, 5) is 0. The van der Waals surface area contributed by atoms with E-state index in [0.717, 1.165) is 18.3 Å². The lowest BCUT2D eigenvalue weighted by Gasteiger charge is -2.17. The Bertz CT molecular complexity index is 553. The Morgan fingerprint density at radius 3 is 2.74 bits per heavy atom. The standard InChI is InChI=1S/C13H16F2N4/c1-2-19-13(5-6-17-19)12(18-16)8-9-3-4-10(14)11(15)7-9/h3-7,12,18H,2,8,16H2,1H3. The molecule has 0 saturated heterocycles. The Kier molecular flexibility index (Phi) is 4.24. The lowest BCUT2D eigenvalue weighted by molar-refractivity contribution is 0.483. The molecule has 2 aromatic rings. The van der Waals surface area contributed by atoms with Crippen LogP contribution in [0.15, 0.2) is 30.5 Å². The molecule has 0 fully saturated rings. The number of nitrogens with one attached hydrogen (secondary N) is 1. The monoisotopic (exact) mass is 266 g/mol. The molecule has 0 aliphatic carbocycles. The molecule has 0 radical (unpaired) electrons. The van der Waals surface area contributed by atoms with Gasteiger partial charge in [-0.1, -0.05) is 6.07 Å². The zero-order valence-electron chi connectivity index (χ0n) is 10.6. The van der Waals surface area contributed by atoms with E-state index >= 15 is 0 Å². The first-order valence-corrected chi connectivity index (χ1v) is 6.07. The van der Waals surface area contributed by atoms with Crippen molar-refractivity contribution in [2.45, 2.75) is 25.9 Å². The van der Waals surface area contributed by atoms with Crippen LogP contribution >= 0.6 is 0 Å². The third-order valence-electron chi connectivity index (χ3n) is 3.03. The Balaban J connectivity index is 2.21. The molecule has 3 N–H and O–H groups in total. The number of rotatable bonds is 5. The highest BCUT2D eigenvalue weighted by Gasteiger charge is 2.15. The number of benzene rings is 1. The molecule has 102 valence electrons. The summed E-state index contributed by atoms with van der Waals surface area (Å²) in [5.74, 6) is 3.85. The molecule has 1 aromatic carbocycles. The molecule has 4 nitrogen and oxygen atoms in total. The van der Waals surface area contributed by atoms with Crippen LogP contribution in [0.1, 0.15) is 24.2 Å². The van der Waals surface area contributed by atoms with Crippen molar-refractivity contribution in [2.75, 3.05) is 0 Å². The van der Waals surface area contributed by atoms with Gasteiger partial charge < -0.3 is 0 Å². The summed E-state index contributed by atoms with van der Waals surface area (Å²) in [6.07, 6.45) is 2.15. The minimum Gasteiger partial charge on any atom is -0.271 e. The second-order valence-corrected chi connectivity index (χ2v) is 4.24. The predicted molar refractivity (Wildman–Crippen MR) is 68.0 cm³/mol. The minimum absolute atomic E-state index is 0.202. The third kappa shape index (κ3) is 2.97. The maximum Gasteiger partial charge on any atom is 0.159 e. The van der Waals surface area contributed by atoms with Gasteiger partial charge in [-0.15, -0.1) is 0 Å². The van der Waals surface area contributed by atoms with E-state index in [4.69, 9.17) is 5.84 Å². The van der Waals surface area contributed by atoms with Crippen molar-refractivity contribution < 1.29 is 8.78 Å². The third-order valence-corrected chi connectivity index (χ3v) is 3.03. The van der Waals surface area contributed by atoms with Crippen molar-refractivity contribution in [1.29, 1.82) is 0 Å². The fourth-order valence-electron chi connectivity index (χ4n) is 2.05. The first-order chi connectivity index (χ1) is 9.15. The number of nitrogens with two attached hydrogens (primary N) is 1. The van der Waals surface area contributed by atoms with Gasteiger partial charge in [0, 0.05) is 12.7 Å². The molecule has 1 aromatic heterocycles. The van der Waals surface area contributed by atoms with Crippen molar-refractivity contribution in [3.63, 3.8) is 0 Å². The Morgan fingerprint density at radius 2 is 2.11 bits per heavy atom. The topological polar surface area (TPSA) is 55.9 Å². The number of hydrogen-bond donors (Lipinski definition) is 2. The summed E-state index contributed by atoms with van der Waals surface area (Å²) in [6.45, 7) is 2.69. The number of hydrogen-bond acceptors (Lipinski definition) is 3. The van der Waals surface area contributed by atoms with E-state index in [1.807, 2.05) is 17.7 Å². The molecule has 19 heavy (non-hydrogen) atoms. The lowest BCUT2D eigenvalue weighted by atomic mass is 10.0. The normalized spacial score (nSPS) is 12.6. The first kappa shape index (κ1) is 13.6. The second kappa shape index (κ2) is 5.90. The molecule has 0 bridgehead atoms. The molecule has 1 heterocycles. The van der Waals surface area contributed by atoms with Gasteiger partial charge in [-0.2, -0.15) is 5.10 Å². The number of aryl methyl sites for hydroxylation is 1. The van der Waals surface area contributed by atoms with Crippen LogP contribution in [-0.4, -0.2) is 9.78 Å². The molecular formula is C13H16F2N4. The van der Waals surface area contributed by atoms with Gasteiger partial charge >= 0.3 is 0 Å². The Hall–Kier alpha value is -1.79.